The third kappa shape index (κ3) is 7.22. The van der Waals surface area contributed by atoms with Gasteiger partial charge < -0.3 is 5.32 Å². The number of allylic oxidation sites excluding steroid dienone is 2. The fourth-order valence-electron chi connectivity index (χ4n) is 2.14. The fourth-order valence-corrected chi connectivity index (χ4v) is 2.14. The van der Waals surface area contributed by atoms with Crippen LogP contribution in [0.2, 0.25) is 0 Å². The summed E-state index contributed by atoms with van der Waals surface area (Å²) in [7, 11) is 0. The average Bonchev–Trinajstić information content (AvgIpc) is 2.71. The summed E-state index contributed by atoms with van der Waals surface area (Å²) in [5, 5.41) is 6.83. The molecule has 0 saturated heterocycles. The zero-order valence-electron chi connectivity index (χ0n) is 17.3. The van der Waals surface area contributed by atoms with E-state index in [0.29, 0.717) is 5.56 Å². The highest BCUT2D eigenvalue weighted by Gasteiger charge is 2.17. The lowest BCUT2D eigenvalue weighted by Gasteiger charge is -2.17. The first-order chi connectivity index (χ1) is 13.8. The van der Waals surface area contributed by atoms with Gasteiger partial charge in [0.15, 0.2) is 0 Å². The molecular formula is C24H27N3O2. The predicted octanol–water partition coefficient (Wildman–Crippen LogP) is 4.55. The van der Waals surface area contributed by atoms with Gasteiger partial charge >= 0.3 is 0 Å². The minimum absolute atomic E-state index is 0.108. The summed E-state index contributed by atoms with van der Waals surface area (Å²) in [5.41, 5.74) is 4.69. The molecule has 0 bridgehead atoms. The lowest BCUT2D eigenvalue weighted by Crippen LogP contribution is -2.34. The highest BCUT2D eigenvalue weighted by Crippen LogP contribution is 2.15. The van der Waals surface area contributed by atoms with Crippen molar-refractivity contribution in [3.63, 3.8) is 0 Å². The van der Waals surface area contributed by atoms with Crippen LogP contribution in [-0.4, -0.2) is 17.5 Å². The maximum absolute atomic E-state index is 12.6. The number of hydrogen-bond acceptors (Lipinski definition) is 3. The van der Waals surface area contributed by atoms with Gasteiger partial charge in [0.1, 0.15) is 5.70 Å². The number of benzene rings is 2. The van der Waals surface area contributed by atoms with E-state index in [1.807, 2.05) is 70.2 Å². The summed E-state index contributed by atoms with van der Waals surface area (Å²) in [6.45, 7) is 7.87. The van der Waals surface area contributed by atoms with E-state index < -0.39 is 5.91 Å². The Hall–Kier alpha value is -3.47. The Labute approximate surface area is 172 Å². The van der Waals surface area contributed by atoms with Crippen LogP contribution in [0.4, 0.5) is 0 Å². The van der Waals surface area contributed by atoms with Crippen LogP contribution in [0.1, 0.15) is 43.6 Å². The third-order valence-corrected chi connectivity index (χ3v) is 4.29. The van der Waals surface area contributed by atoms with Crippen molar-refractivity contribution in [2.75, 3.05) is 0 Å². The van der Waals surface area contributed by atoms with Gasteiger partial charge in [-0.05, 0) is 30.7 Å². The van der Waals surface area contributed by atoms with Crippen molar-refractivity contribution in [3.8, 4) is 0 Å². The van der Waals surface area contributed by atoms with Gasteiger partial charge in [0, 0.05) is 16.7 Å². The van der Waals surface area contributed by atoms with E-state index in [1.165, 1.54) is 0 Å². The van der Waals surface area contributed by atoms with Crippen molar-refractivity contribution < 1.29 is 9.59 Å². The first kappa shape index (κ1) is 21.8. The van der Waals surface area contributed by atoms with E-state index in [-0.39, 0.29) is 17.0 Å². The SMILES string of the molecule is C/C(=N/NC(=O)/C(=C/C=C/c1ccccc1)NC(=O)c1ccccc1)C(C)(C)C. The molecule has 0 atom stereocenters. The zero-order valence-corrected chi connectivity index (χ0v) is 17.3. The minimum Gasteiger partial charge on any atom is -0.317 e. The van der Waals surface area contributed by atoms with Crippen molar-refractivity contribution in [2.45, 2.75) is 27.7 Å². The molecule has 2 aromatic rings. The standard InChI is InChI=1S/C24H27N3O2/c1-18(24(2,3)4)26-27-23(29)21(17-11-14-19-12-7-5-8-13-19)25-22(28)20-15-9-6-10-16-20/h5-17H,1-4H3,(H,25,28)(H,27,29)/b14-11+,21-17-,26-18-. The molecule has 0 radical (unpaired) electrons. The molecule has 0 unspecified atom stereocenters. The molecule has 5 heteroatoms. The molecule has 2 rings (SSSR count). The molecule has 0 aromatic heterocycles. The molecule has 0 saturated carbocycles. The van der Waals surface area contributed by atoms with Gasteiger partial charge in [0.25, 0.3) is 11.8 Å². The number of carbonyl (C=O) groups is 2. The summed E-state index contributed by atoms with van der Waals surface area (Å²) in [6, 6.07) is 18.4. The Morgan fingerprint density at radius 2 is 1.52 bits per heavy atom. The second-order valence-electron chi connectivity index (χ2n) is 7.56. The van der Waals surface area contributed by atoms with Crippen LogP contribution in [0.25, 0.3) is 6.08 Å². The van der Waals surface area contributed by atoms with E-state index in [4.69, 9.17) is 0 Å². The van der Waals surface area contributed by atoms with E-state index in [2.05, 4.69) is 15.8 Å². The molecule has 2 amide bonds. The Balaban J connectivity index is 2.22. The Bertz CT molecular complexity index is 922. The number of hydrazone groups is 1. The molecule has 2 N–H and O–H groups in total. The van der Waals surface area contributed by atoms with Gasteiger partial charge in [0.2, 0.25) is 0 Å². The number of amides is 2. The van der Waals surface area contributed by atoms with Crippen LogP contribution >= 0.6 is 0 Å². The van der Waals surface area contributed by atoms with Gasteiger partial charge in [-0.3, -0.25) is 9.59 Å². The minimum atomic E-state index is -0.490. The molecule has 0 aliphatic heterocycles. The van der Waals surface area contributed by atoms with Crippen molar-refractivity contribution in [3.05, 3.63) is 89.6 Å². The lowest BCUT2D eigenvalue weighted by molar-refractivity contribution is -0.117. The molecule has 0 spiro atoms. The maximum Gasteiger partial charge on any atom is 0.287 e. The van der Waals surface area contributed by atoms with Crippen LogP contribution in [0.15, 0.2) is 83.6 Å². The lowest BCUT2D eigenvalue weighted by atomic mass is 9.91. The predicted molar refractivity (Wildman–Crippen MR) is 118 cm³/mol. The summed E-state index contributed by atoms with van der Waals surface area (Å²) in [5.74, 6) is -0.854. The number of carbonyl (C=O) groups excluding carboxylic acids is 2. The third-order valence-electron chi connectivity index (χ3n) is 4.29. The smallest absolute Gasteiger partial charge is 0.287 e. The normalized spacial score (nSPS) is 12.7. The first-order valence-corrected chi connectivity index (χ1v) is 9.42. The van der Waals surface area contributed by atoms with Gasteiger partial charge in [-0.15, -0.1) is 0 Å². The van der Waals surface area contributed by atoms with Gasteiger partial charge in [0.05, 0.1) is 0 Å². The van der Waals surface area contributed by atoms with Gasteiger partial charge in [-0.1, -0.05) is 81.5 Å². The van der Waals surface area contributed by atoms with Crippen LogP contribution in [0, 0.1) is 5.41 Å². The van der Waals surface area contributed by atoms with Crippen LogP contribution in [0.3, 0.4) is 0 Å². The van der Waals surface area contributed by atoms with Crippen molar-refractivity contribution >= 4 is 23.6 Å². The monoisotopic (exact) mass is 389 g/mol. The molecule has 150 valence electrons. The first-order valence-electron chi connectivity index (χ1n) is 9.42. The Kier molecular flexibility index (Phi) is 7.66. The largest absolute Gasteiger partial charge is 0.317 e. The quantitative estimate of drug-likeness (QED) is 0.329. The number of nitrogens with one attached hydrogen (secondary N) is 2. The maximum atomic E-state index is 12.6. The molecule has 0 aliphatic rings. The van der Waals surface area contributed by atoms with Crippen molar-refractivity contribution in [2.24, 2.45) is 10.5 Å². The number of rotatable bonds is 6. The Morgan fingerprint density at radius 1 is 0.931 bits per heavy atom. The van der Waals surface area contributed by atoms with E-state index in [0.717, 1.165) is 11.3 Å². The summed E-state index contributed by atoms with van der Waals surface area (Å²) in [4.78, 5) is 25.1. The molecule has 2 aromatic carbocycles. The van der Waals surface area contributed by atoms with Crippen LogP contribution < -0.4 is 10.7 Å². The highest BCUT2D eigenvalue weighted by molar-refractivity contribution is 6.03. The average molecular weight is 389 g/mol. The molecule has 0 aliphatic carbocycles. The van der Waals surface area contributed by atoms with Gasteiger partial charge in [-0.2, -0.15) is 5.10 Å². The second-order valence-corrected chi connectivity index (χ2v) is 7.56. The molecule has 5 nitrogen and oxygen atoms in total. The fraction of sp³-hybridized carbons (Fsp3) is 0.208. The molecule has 29 heavy (non-hydrogen) atoms. The summed E-state index contributed by atoms with van der Waals surface area (Å²) < 4.78 is 0. The van der Waals surface area contributed by atoms with E-state index in [9.17, 15) is 9.59 Å². The topological polar surface area (TPSA) is 70.6 Å². The second kappa shape index (κ2) is 10.2. The van der Waals surface area contributed by atoms with Crippen molar-refractivity contribution in [1.82, 2.24) is 10.7 Å². The van der Waals surface area contributed by atoms with Crippen LogP contribution in [-0.2, 0) is 4.79 Å². The summed E-state index contributed by atoms with van der Waals surface area (Å²) in [6.07, 6.45) is 5.13. The number of hydrogen-bond donors (Lipinski definition) is 2. The Morgan fingerprint density at radius 3 is 2.10 bits per heavy atom. The molecule has 0 heterocycles. The summed E-state index contributed by atoms with van der Waals surface area (Å²) >= 11 is 0. The molecule has 0 fully saturated rings. The van der Waals surface area contributed by atoms with Crippen LogP contribution in [0.5, 0.6) is 0 Å². The van der Waals surface area contributed by atoms with E-state index in [1.54, 1.807) is 36.4 Å². The molecular weight excluding hydrogens is 362 g/mol. The zero-order chi connectivity index (χ0) is 21.3. The highest BCUT2D eigenvalue weighted by atomic mass is 16.2. The van der Waals surface area contributed by atoms with Gasteiger partial charge in [-0.25, -0.2) is 5.43 Å². The van der Waals surface area contributed by atoms with E-state index >= 15 is 0 Å². The number of nitrogens with zero attached hydrogens (tertiary/aromatic N) is 1. The van der Waals surface area contributed by atoms with Crippen molar-refractivity contribution in [1.29, 1.82) is 0 Å².